The van der Waals surface area contributed by atoms with Crippen molar-refractivity contribution in [1.82, 2.24) is 14.3 Å². The molecule has 8 heteroatoms. The highest BCUT2D eigenvalue weighted by Crippen LogP contribution is 2.27. The van der Waals surface area contributed by atoms with Gasteiger partial charge in [0.05, 0.1) is 15.9 Å². The van der Waals surface area contributed by atoms with Gasteiger partial charge in [-0.2, -0.15) is 4.31 Å². The van der Waals surface area contributed by atoms with Crippen molar-refractivity contribution in [2.45, 2.75) is 25.2 Å². The maximum Gasteiger partial charge on any atom is 0.255 e. The summed E-state index contributed by atoms with van der Waals surface area (Å²) in [7, 11) is -3.58. The van der Waals surface area contributed by atoms with E-state index in [1.807, 2.05) is 48.5 Å². The Labute approximate surface area is 205 Å². The average Bonchev–Trinajstić information content (AvgIpc) is 3.28. The molecule has 0 bridgehead atoms. The van der Waals surface area contributed by atoms with Crippen LogP contribution in [-0.2, 0) is 10.0 Å². The predicted molar refractivity (Wildman–Crippen MR) is 138 cm³/mol. The molecule has 2 heterocycles. The number of anilines is 1. The molecule has 1 fully saturated rings. The van der Waals surface area contributed by atoms with Gasteiger partial charge in [-0.25, -0.2) is 13.4 Å². The molecule has 3 aromatic carbocycles. The van der Waals surface area contributed by atoms with E-state index in [0.29, 0.717) is 36.2 Å². The molecule has 1 aromatic heterocycles. The molecule has 1 saturated heterocycles. The number of aromatic nitrogens is 2. The maximum absolute atomic E-state index is 13.1. The molecule has 7 nitrogen and oxygen atoms in total. The zero-order valence-corrected chi connectivity index (χ0v) is 20.5. The molecule has 2 atom stereocenters. The van der Waals surface area contributed by atoms with E-state index in [1.165, 1.54) is 12.1 Å². The summed E-state index contributed by atoms with van der Waals surface area (Å²) in [6.45, 7) is 5.21. The number of amides is 1. The number of sulfonamides is 1. The monoisotopic (exact) mass is 488 g/mol. The summed E-state index contributed by atoms with van der Waals surface area (Å²) in [5.74, 6) is 1.12. The lowest BCUT2D eigenvalue weighted by Crippen LogP contribution is -2.42. The molecule has 0 aliphatic carbocycles. The van der Waals surface area contributed by atoms with E-state index in [9.17, 15) is 13.2 Å². The topological polar surface area (TPSA) is 95.2 Å². The number of imidazole rings is 1. The van der Waals surface area contributed by atoms with Crippen molar-refractivity contribution < 1.29 is 13.2 Å². The molecule has 0 saturated carbocycles. The molecule has 35 heavy (non-hydrogen) atoms. The number of fused-ring (bicyclic) bond motifs is 1. The van der Waals surface area contributed by atoms with Crippen LogP contribution in [0.1, 0.15) is 30.6 Å². The standard InChI is InChI=1S/C27H28N4O3S/c1-18-15-19(2)17-31(16-18)35(33,34)23-13-9-21(10-14-23)27(32)28-22-11-7-20(8-12-22)26-29-24-5-3-4-6-25(24)30-26/h3-14,18-19H,15-17H2,1-2H3,(H,28,32)(H,29,30)/t18-,19+. The highest BCUT2D eigenvalue weighted by Gasteiger charge is 2.31. The molecule has 4 aromatic rings. The Morgan fingerprint density at radius 2 is 1.60 bits per heavy atom. The number of carbonyl (C=O) groups excluding carboxylic acids is 1. The zero-order valence-electron chi connectivity index (χ0n) is 19.7. The third kappa shape index (κ3) is 4.85. The van der Waals surface area contributed by atoms with Gasteiger partial charge in [-0.1, -0.05) is 26.0 Å². The third-order valence-electron chi connectivity index (χ3n) is 6.40. The summed E-state index contributed by atoms with van der Waals surface area (Å²) in [6, 6.07) is 21.4. The lowest BCUT2D eigenvalue weighted by Gasteiger charge is -2.34. The Morgan fingerprint density at radius 1 is 0.943 bits per heavy atom. The number of aromatic amines is 1. The number of nitrogens with one attached hydrogen (secondary N) is 2. The molecule has 180 valence electrons. The number of carbonyl (C=O) groups is 1. The van der Waals surface area contributed by atoms with Gasteiger partial charge in [-0.05, 0) is 78.9 Å². The van der Waals surface area contributed by atoms with Crippen LogP contribution in [0.3, 0.4) is 0 Å². The first-order chi connectivity index (χ1) is 16.8. The highest BCUT2D eigenvalue weighted by molar-refractivity contribution is 7.89. The SMILES string of the molecule is C[C@@H]1C[C@H](C)CN(S(=O)(=O)c2ccc(C(=O)Nc3ccc(-c4nc5ccccc5[nH]4)cc3)cc2)C1. The molecular formula is C27H28N4O3S. The largest absolute Gasteiger partial charge is 0.338 e. The van der Waals surface area contributed by atoms with Crippen LogP contribution in [0.5, 0.6) is 0 Å². The molecule has 5 rings (SSSR count). The van der Waals surface area contributed by atoms with Crippen LogP contribution in [0.25, 0.3) is 22.4 Å². The average molecular weight is 489 g/mol. The first kappa shape index (κ1) is 23.3. The Bertz CT molecular complexity index is 1420. The number of hydrogen-bond donors (Lipinski definition) is 2. The fourth-order valence-corrected chi connectivity index (χ4v) is 6.41. The number of nitrogens with zero attached hydrogens (tertiary/aromatic N) is 2. The van der Waals surface area contributed by atoms with E-state index in [2.05, 4.69) is 29.1 Å². The van der Waals surface area contributed by atoms with Crippen molar-refractivity contribution in [3.8, 4) is 11.4 Å². The summed E-state index contributed by atoms with van der Waals surface area (Å²) in [4.78, 5) is 20.8. The Hall–Kier alpha value is -3.49. The second-order valence-electron chi connectivity index (χ2n) is 9.43. The fourth-order valence-electron chi connectivity index (χ4n) is 4.73. The quantitative estimate of drug-likeness (QED) is 0.406. The number of rotatable bonds is 5. The summed E-state index contributed by atoms with van der Waals surface area (Å²) in [6.07, 6.45) is 1.03. The second-order valence-corrected chi connectivity index (χ2v) is 11.4. The van der Waals surface area contributed by atoms with Gasteiger partial charge in [0.1, 0.15) is 5.82 Å². The summed E-state index contributed by atoms with van der Waals surface area (Å²) in [5.41, 5.74) is 3.81. The van der Waals surface area contributed by atoms with Crippen molar-refractivity contribution in [3.63, 3.8) is 0 Å². The minimum Gasteiger partial charge on any atom is -0.338 e. The van der Waals surface area contributed by atoms with Crippen LogP contribution < -0.4 is 5.32 Å². The number of piperidine rings is 1. The summed E-state index contributed by atoms with van der Waals surface area (Å²) < 4.78 is 27.7. The highest BCUT2D eigenvalue weighted by atomic mass is 32.2. The molecule has 1 amide bonds. The van der Waals surface area contributed by atoms with Crippen LogP contribution in [0, 0.1) is 11.8 Å². The van der Waals surface area contributed by atoms with Crippen molar-refractivity contribution in [3.05, 3.63) is 78.4 Å². The van der Waals surface area contributed by atoms with Crippen molar-refractivity contribution in [1.29, 1.82) is 0 Å². The van der Waals surface area contributed by atoms with E-state index in [1.54, 1.807) is 16.4 Å². The van der Waals surface area contributed by atoms with Crippen molar-refractivity contribution in [2.75, 3.05) is 18.4 Å². The van der Waals surface area contributed by atoms with Gasteiger partial charge >= 0.3 is 0 Å². The number of benzene rings is 3. The Kier molecular flexibility index (Phi) is 6.17. The van der Waals surface area contributed by atoms with E-state index in [4.69, 9.17) is 0 Å². The van der Waals surface area contributed by atoms with Gasteiger partial charge in [0.25, 0.3) is 5.91 Å². The fraction of sp³-hybridized carbons (Fsp3) is 0.259. The van der Waals surface area contributed by atoms with Crippen molar-refractivity contribution >= 4 is 32.7 Å². The minimum absolute atomic E-state index is 0.213. The van der Waals surface area contributed by atoms with Gasteiger partial charge in [-0.3, -0.25) is 4.79 Å². The van der Waals surface area contributed by atoms with Gasteiger partial charge in [0, 0.05) is 29.9 Å². The smallest absolute Gasteiger partial charge is 0.255 e. The minimum atomic E-state index is -3.58. The summed E-state index contributed by atoms with van der Waals surface area (Å²) >= 11 is 0. The zero-order chi connectivity index (χ0) is 24.6. The molecule has 1 aliphatic heterocycles. The van der Waals surface area contributed by atoms with Crippen LogP contribution in [0.15, 0.2) is 77.7 Å². The van der Waals surface area contributed by atoms with Gasteiger partial charge in [0.2, 0.25) is 10.0 Å². The first-order valence-corrected chi connectivity index (χ1v) is 13.2. The van der Waals surface area contributed by atoms with E-state index in [-0.39, 0.29) is 10.8 Å². The van der Waals surface area contributed by atoms with E-state index >= 15 is 0 Å². The number of para-hydroxylation sites is 2. The van der Waals surface area contributed by atoms with Crippen LogP contribution in [0.2, 0.25) is 0 Å². The molecule has 2 N–H and O–H groups in total. The maximum atomic E-state index is 13.1. The van der Waals surface area contributed by atoms with Gasteiger partial charge in [-0.15, -0.1) is 0 Å². The van der Waals surface area contributed by atoms with Crippen LogP contribution in [-0.4, -0.2) is 41.7 Å². The predicted octanol–water partition coefficient (Wildman–Crippen LogP) is 5.15. The van der Waals surface area contributed by atoms with Gasteiger partial charge < -0.3 is 10.3 Å². The number of hydrogen-bond acceptors (Lipinski definition) is 4. The molecule has 1 aliphatic rings. The molecule has 0 unspecified atom stereocenters. The lowest BCUT2D eigenvalue weighted by molar-refractivity contribution is 0.102. The number of H-pyrrole nitrogens is 1. The second kappa shape index (κ2) is 9.28. The van der Waals surface area contributed by atoms with Gasteiger partial charge in [0.15, 0.2) is 0 Å². The summed E-state index contributed by atoms with van der Waals surface area (Å²) in [5, 5.41) is 2.87. The van der Waals surface area contributed by atoms with Crippen LogP contribution in [0.4, 0.5) is 5.69 Å². The molecular weight excluding hydrogens is 460 g/mol. The lowest BCUT2D eigenvalue weighted by atomic mass is 9.94. The van der Waals surface area contributed by atoms with Crippen LogP contribution >= 0.6 is 0 Å². The van der Waals surface area contributed by atoms with Crippen molar-refractivity contribution in [2.24, 2.45) is 11.8 Å². The Morgan fingerprint density at radius 3 is 2.26 bits per heavy atom. The van der Waals surface area contributed by atoms with E-state index in [0.717, 1.165) is 28.8 Å². The Balaban J connectivity index is 1.27. The normalized spacial score (nSPS) is 19.0. The molecule has 0 spiro atoms. The first-order valence-electron chi connectivity index (χ1n) is 11.8. The molecule has 0 radical (unpaired) electrons. The third-order valence-corrected chi connectivity index (χ3v) is 8.24. The van der Waals surface area contributed by atoms with E-state index < -0.39 is 10.0 Å².